The molecule has 0 aromatic rings. The molecule has 23 heavy (non-hydrogen) atoms. The molecule has 0 bridgehead atoms. The number of nitrogens with zero attached hydrogens (tertiary/aromatic N) is 3. The Morgan fingerprint density at radius 2 is 1.83 bits per heavy atom. The van der Waals surface area contributed by atoms with E-state index in [4.69, 9.17) is 0 Å². The van der Waals surface area contributed by atoms with Crippen molar-refractivity contribution in [1.82, 2.24) is 15.1 Å². The van der Waals surface area contributed by atoms with Crippen molar-refractivity contribution in [2.24, 2.45) is 16.3 Å². The lowest BCUT2D eigenvalue weighted by atomic mass is 9.74. The highest BCUT2D eigenvalue weighted by molar-refractivity contribution is 5.80. The Balaban J connectivity index is 1.55. The summed E-state index contributed by atoms with van der Waals surface area (Å²) < 4.78 is 0. The zero-order valence-corrected chi connectivity index (χ0v) is 15.3. The summed E-state index contributed by atoms with van der Waals surface area (Å²) in [7, 11) is 4.19. The van der Waals surface area contributed by atoms with E-state index in [2.05, 4.69) is 27.2 Å². The Bertz CT molecular complexity index is 398. The molecule has 2 heterocycles. The van der Waals surface area contributed by atoms with Gasteiger partial charge in [0.15, 0.2) is 5.96 Å². The molecule has 0 amide bonds. The summed E-state index contributed by atoms with van der Waals surface area (Å²) in [6.45, 7) is 5.98. The number of hydrogen-bond donors (Lipinski definition) is 1. The van der Waals surface area contributed by atoms with Crippen LogP contribution in [-0.4, -0.2) is 62.6 Å². The zero-order chi connectivity index (χ0) is 16.1. The first-order valence-electron chi connectivity index (χ1n) is 9.85. The Labute approximate surface area is 142 Å². The van der Waals surface area contributed by atoms with E-state index in [1.807, 2.05) is 7.05 Å². The van der Waals surface area contributed by atoms with Crippen LogP contribution >= 0.6 is 0 Å². The smallest absolute Gasteiger partial charge is 0.193 e. The number of likely N-dealkylation sites (tertiary alicyclic amines) is 2. The lowest BCUT2D eigenvalue weighted by Gasteiger charge is -2.44. The average Bonchev–Trinajstić information content (AvgIpc) is 2.84. The van der Waals surface area contributed by atoms with Gasteiger partial charge in [-0.2, -0.15) is 0 Å². The number of rotatable bonds is 2. The van der Waals surface area contributed by atoms with Gasteiger partial charge in [-0.3, -0.25) is 4.99 Å². The molecular formula is C19H36N4. The second kappa shape index (κ2) is 7.87. The van der Waals surface area contributed by atoms with E-state index in [1.165, 1.54) is 84.0 Å². The molecule has 0 radical (unpaired) electrons. The first-order valence-corrected chi connectivity index (χ1v) is 9.85. The van der Waals surface area contributed by atoms with E-state index in [1.54, 1.807) is 0 Å². The first kappa shape index (κ1) is 17.1. The molecule has 3 rings (SSSR count). The molecule has 0 aromatic carbocycles. The van der Waals surface area contributed by atoms with Crippen LogP contribution in [0.1, 0.15) is 57.8 Å². The topological polar surface area (TPSA) is 30.9 Å². The van der Waals surface area contributed by atoms with Crippen LogP contribution in [0.3, 0.4) is 0 Å². The maximum Gasteiger partial charge on any atom is 0.193 e. The van der Waals surface area contributed by atoms with Crippen molar-refractivity contribution in [3.8, 4) is 0 Å². The number of hydrogen-bond acceptors (Lipinski definition) is 2. The minimum Gasteiger partial charge on any atom is -0.356 e. The van der Waals surface area contributed by atoms with Crippen molar-refractivity contribution >= 4 is 5.96 Å². The molecule has 1 unspecified atom stereocenters. The zero-order valence-electron chi connectivity index (χ0n) is 15.3. The van der Waals surface area contributed by atoms with Crippen LogP contribution in [-0.2, 0) is 0 Å². The number of guanidine groups is 1. The van der Waals surface area contributed by atoms with Crippen molar-refractivity contribution in [3.63, 3.8) is 0 Å². The van der Waals surface area contributed by atoms with Crippen LogP contribution in [0.4, 0.5) is 0 Å². The maximum absolute atomic E-state index is 4.61. The van der Waals surface area contributed by atoms with E-state index >= 15 is 0 Å². The summed E-state index contributed by atoms with van der Waals surface area (Å²) >= 11 is 0. The SMILES string of the molecule is CN=C(NCC1CCN(C)C1)N1CCCC2(CCCCCC2)C1. The molecule has 3 fully saturated rings. The molecule has 4 heteroatoms. The van der Waals surface area contributed by atoms with Gasteiger partial charge in [0.2, 0.25) is 0 Å². The summed E-state index contributed by atoms with van der Waals surface area (Å²) in [6, 6.07) is 0. The molecule has 1 N–H and O–H groups in total. The van der Waals surface area contributed by atoms with Gasteiger partial charge in [-0.1, -0.05) is 25.7 Å². The monoisotopic (exact) mass is 320 g/mol. The molecule has 132 valence electrons. The van der Waals surface area contributed by atoms with Crippen LogP contribution in [0.2, 0.25) is 0 Å². The third kappa shape index (κ3) is 4.40. The third-order valence-corrected chi connectivity index (χ3v) is 6.37. The number of piperidine rings is 1. The lowest BCUT2D eigenvalue weighted by molar-refractivity contribution is 0.115. The highest BCUT2D eigenvalue weighted by Crippen LogP contribution is 2.42. The van der Waals surface area contributed by atoms with Crippen molar-refractivity contribution in [3.05, 3.63) is 0 Å². The average molecular weight is 321 g/mol. The molecule has 1 spiro atoms. The molecule has 0 aromatic heterocycles. The lowest BCUT2D eigenvalue weighted by Crippen LogP contribution is -2.51. The Morgan fingerprint density at radius 1 is 1.09 bits per heavy atom. The van der Waals surface area contributed by atoms with Gasteiger partial charge in [0.25, 0.3) is 0 Å². The van der Waals surface area contributed by atoms with Crippen molar-refractivity contribution in [1.29, 1.82) is 0 Å². The van der Waals surface area contributed by atoms with Crippen molar-refractivity contribution < 1.29 is 0 Å². The van der Waals surface area contributed by atoms with Crippen molar-refractivity contribution in [2.75, 3.05) is 46.8 Å². The maximum atomic E-state index is 4.61. The second-order valence-corrected chi connectivity index (χ2v) is 8.28. The summed E-state index contributed by atoms with van der Waals surface area (Å²) in [5.74, 6) is 1.94. The quantitative estimate of drug-likeness (QED) is 0.627. The van der Waals surface area contributed by atoms with E-state index in [0.29, 0.717) is 5.41 Å². The fourth-order valence-electron chi connectivity index (χ4n) is 5.04. The number of nitrogens with one attached hydrogen (secondary N) is 1. The van der Waals surface area contributed by atoms with Gasteiger partial charge in [-0.05, 0) is 57.0 Å². The molecule has 2 saturated heterocycles. The Kier molecular flexibility index (Phi) is 5.84. The minimum absolute atomic E-state index is 0.583. The molecule has 3 aliphatic rings. The van der Waals surface area contributed by atoms with Gasteiger partial charge in [0.1, 0.15) is 0 Å². The van der Waals surface area contributed by atoms with Gasteiger partial charge in [-0.15, -0.1) is 0 Å². The first-order chi connectivity index (χ1) is 11.2. The van der Waals surface area contributed by atoms with Crippen molar-refractivity contribution in [2.45, 2.75) is 57.8 Å². The summed E-state index contributed by atoms with van der Waals surface area (Å²) in [4.78, 5) is 9.61. The molecule has 1 saturated carbocycles. The minimum atomic E-state index is 0.583. The van der Waals surface area contributed by atoms with Crippen LogP contribution in [0.5, 0.6) is 0 Å². The van der Waals surface area contributed by atoms with Gasteiger partial charge in [-0.25, -0.2) is 0 Å². The van der Waals surface area contributed by atoms with Gasteiger partial charge < -0.3 is 15.1 Å². The predicted octanol–water partition coefficient (Wildman–Crippen LogP) is 2.95. The normalized spacial score (nSPS) is 29.7. The van der Waals surface area contributed by atoms with Gasteiger partial charge in [0, 0.05) is 33.2 Å². The largest absolute Gasteiger partial charge is 0.356 e. The summed E-state index contributed by atoms with van der Waals surface area (Å²) in [6.07, 6.45) is 12.8. The Morgan fingerprint density at radius 3 is 2.48 bits per heavy atom. The van der Waals surface area contributed by atoms with Crippen LogP contribution in [0.15, 0.2) is 4.99 Å². The Hall–Kier alpha value is -0.770. The molecule has 1 aliphatic carbocycles. The highest BCUT2D eigenvalue weighted by atomic mass is 15.3. The fourth-order valence-corrected chi connectivity index (χ4v) is 5.04. The fraction of sp³-hybridized carbons (Fsp3) is 0.947. The van der Waals surface area contributed by atoms with Gasteiger partial charge >= 0.3 is 0 Å². The number of aliphatic imine (C=N–C) groups is 1. The van der Waals surface area contributed by atoms with Crippen LogP contribution < -0.4 is 5.32 Å². The van der Waals surface area contributed by atoms with Gasteiger partial charge in [0.05, 0.1) is 0 Å². The van der Waals surface area contributed by atoms with Crippen LogP contribution in [0, 0.1) is 11.3 Å². The highest BCUT2D eigenvalue weighted by Gasteiger charge is 2.36. The van der Waals surface area contributed by atoms with E-state index in [0.717, 1.165) is 18.4 Å². The third-order valence-electron chi connectivity index (χ3n) is 6.37. The van der Waals surface area contributed by atoms with E-state index in [9.17, 15) is 0 Å². The molecular weight excluding hydrogens is 284 g/mol. The predicted molar refractivity (Wildman–Crippen MR) is 97.9 cm³/mol. The summed E-state index contributed by atoms with van der Waals surface area (Å²) in [5, 5.41) is 3.69. The van der Waals surface area contributed by atoms with E-state index < -0.39 is 0 Å². The molecule has 1 atom stereocenters. The second-order valence-electron chi connectivity index (χ2n) is 8.28. The standard InChI is InChI=1S/C19H36N4/c1-20-18(21-14-17-8-13-22(2)15-17)23-12-7-11-19(16-23)9-5-3-4-6-10-19/h17H,3-16H2,1-2H3,(H,20,21). The van der Waals surface area contributed by atoms with E-state index in [-0.39, 0.29) is 0 Å². The molecule has 4 nitrogen and oxygen atoms in total. The molecule has 2 aliphatic heterocycles. The summed E-state index contributed by atoms with van der Waals surface area (Å²) in [5.41, 5.74) is 0.583. The van der Waals surface area contributed by atoms with Crippen LogP contribution in [0.25, 0.3) is 0 Å².